The summed E-state index contributed by atoms with van der Waals surface area (Å²) in [6.07, 6.45) is 4.81. The third-order valence-electron chi connectivity index (χ3n) is 3.51. The summed E-state index contributed by atoms with van der Waals surface area (Å²) in [7, 11) is 0. The number of benzene rings is 1. The quantitative estimate of drug-likeness (QED) is 0.806. The maximum atomic E-state index is 13.9. The number of nitrogens with one attached hydrogen (secondary N) is 1. The van der Waals surface area contributed by atoms with Crippen LogP contribution in [0, 0.1) is 12.7 Å². The summed E-state index contributed by atoms with van der Waals surface area (Å²) < 4.78 is 15.3. The van der Waals surface area contributed by atoms with E-state index in [0.29, 0.717) is 23.5 Å². The number of pyridine rings is 1. The van der Waals surface area contributed by atoms with Crippen molar-refractivity contribution in [2.24, 2.45) is 0 Å². The summed E-state index contributed by atoms with van der Waals surface area (Å²) in [6, 6.07) is 10.00. The fourth-order valence-electron chi connectivity index (χ4n) is 2.28. The maximum absolute atomic E-state index is 13.9. The van der Waals surface area contributed by atoms with Crippen molar-refractivity contribution >= 4 is 5.91 Å². The third-order valence-corrected chi connectivity index (χ3v) is 3.51. The number of hydrogen-bond donors (Lipinski definition) is 1. The smallest absolute Gasteiger partial charge is 0.255 e. The van der Waals surface area contributed by atoms with Crippen molar-refractivity contribution in [3.8, 4) is 5.69 Å². The lowest BCUT2D eigenvalue weighted by molar-refractivity contribution is 0.0950. The first-order valence-electron chi connectivity index (χ1n) is 7.13. The lowest BCUT2D eigenvalue weighted by atomic mass is 10.2. The van der Waals surface area contributed by atoms with E-state index in [0.717, 1.165) is 5.56 Å². The van der Waals surface area contributed by atoms with Gasteiger partial charge in [0, 0.05) is 18.9 Å². The van der Waals surface area contributed by atoms with Gasteiger partial charge in [-0.15, -0.1) is 0 Å². The molecule has 23 heavy (non-hydrogen) atoms. The van der Waals surface area contributed by atoms with Gasteiger partial charge in [0.15, 0.2) is 0 Å². The molecule has 1 aromatic carbocycles. The Morgan fingerprint density at radius 1 is 1.22 bits per heavy atom. The van der Waals surface area contributed by atoms with Gasteiger partial charge in [-0.1, -0.05) is 18.2 Å². The van der Waals surface area contributed by atoms with Crippen LogP contribution in [0.5, 0.6) is 0 Å². The first-order chi connectivity index (χ1) is 11.2. The second-order valence-corrected chi connectivity index (χ2v) is 5.05. The first-order valence-corrected chi connectivity index (χ1v) is 7.13. The Bertz CT molecular complexity index is 830. The lowest BCUT2D eigenvalue weighted by Crippen LogP contribution is -2.23. The SMILES string of the molecule is Cc1c(C(=O)NCc2cccnc2)cnn1-c1ccccc1F. The minimum Gasteiger partial charge on any atom is -0.348 e. The Morgan fingerprint density at radius 3 is 2.78 bits per heavy atom. The van der Waals surface area contributed by atoms with Crippen LogP contribution >= 0.6 is 0 Å². The molecule has 3 aromatic rings. The fraction of sp³-hybridized carbons (Fsp3) is 0.118. The van der Waals surface area contributed by atoms with Gasteiger partial charge in [0.05, 0.1) is 17.5 Å². The van der Waals surface area contributed by atoms with Gasteiger partial charge < -0.3 is 5.32 Å². The van der Waals surface area contributed by atoms with E-state index >= 15 is 0 Å². The molecular weight excluding hydrogens is 295 g/mol. The zero-order valence-corrected chi connectivity index (χ0v) is 12.5. The number of aromatic nitrogens is 3. The van der Waals surface area contributed by atoms with Crippen LogP contribution in [0.1, 0.15) is 21.6 Å². The average molecular weight is 310 g/mol. The fourth-order valence-corrected chi connectivity index (χ4v) is 2.28. The molecule has 0 aliphatic rings. The topological polar surface area (TPSA) is 59.8 Å². The molecule has 0 saturated carbocycles. The highest BCUT2D eigenvalue weighted by Crippen LogP contribution is 2.17. The summed E-state index contributed by atoms with van der Waals surface area (Å²) in [4.78, 5) is 16.3. The number of halogens is 1. The molecule has 2 aromatic heterocycles. The van der Waals surface area contributed by atoms with Gasteiger partial charge >= 0.3 is 0 Å². The average Bonchev–Trinajstić information content (AvgIpc) is 2.95. The molecule has 1 amide bonds. The van der Waals surface area contributed by atoms with Gasteiger partial charge in [-0.3, -0.25) is 9.78 Å². The molecule has 0 aliphatic carbocycles. The number of carbonyl (C=O) groups excluding carboxylic acids is 1. The van der Waals surface area contributed by atoms with Crippen LogP contribution in [0.3, 0.4) is 0 Å². The van der Waals surface area contributed by atoms with Crippen molar-refractivity contribution < 1.29 is 9.18 Å². The Labute approximate surface area is 132 Å². The molecule has 0 atom stereocenters. The molecule has 3 rings (SSSR count). The normalized spacial score (nSPS) is 10.5. The largest absolute Gasteiger partial charge is 0.348 e. The van der Waals surface area contributed by atoms with Gasteiger partial charge in [-0.25, -0.2) is 9.07 Å². The van der Waals surface area contributed by atoms with Gasteiger partial charge in [0.25, 0.3) is 5.91 Å². The Balaban J connectivity index is 1.79. The van der Waals surface area contributed by atoms with E-state index in [4.69, 9.17) is 0 Å². The van der Waals surface area contributed by atoms with E-state index in [2.05, 4.69) is 15.4 Å². The number of hydrogen-bond acceptors (Lipinski definition) is 3. The molecule has 6 heteroatoms. The molecule has 0 radical (unpaired) electrons. The summed E-state index contributed by atoms with van der Waals surface area (Å²) in [6.45, 7) is 2.11. The van der Waals surface area contributed by atoms with Crippen LogP contribution in [0.15, 0.2) is 55.0 Å². The van der Waals surface area contributed by atoms with Crippen LogP contribution in [0.4, 0.5) is 4.39 Å². The van der Waals surface area contributed by atoms with Crippen LogP contribution in [0.2, 0.25) is 0 Å². The minimum atomic E-state index is -0.388. The molecule has 0 bridgehead atoms. The molecule has 1 N–H and O–H groups in total. The second-order valence-electron chi connectivity index (χ2n) is 5.05. The van der Waals surface area contributed by atoms with E-state index in [1.54, 1.807) is 37.5 Å². The molecule has 116 valence electrons. The number of carbonyl (C=O) groups is 1. The molecule has 0 aliphatic heterocycles. The van der Waals surface area contributed by atoms with Crippen LogP contribution in [0.25, 0.3) is 5.69 Å². The van der Waals surface area contributed by atoms with Crippen LogP contribution in [-0.2, 0) is 6.54 Å². The van der Waals surface area contributed by atoms with E-state index in [1.807, 2.05) is 12.1 Å². The van der Waals surface area contributed by atoms with Crippen molar-refractivity contribution in [3.05, 3.63) is 77.6 Å². The summed E-state index contributed by atoms with van der Waals surface area (Å²) in [5.74, 6) is -0.644. The number of rotatable bonds is 4. The van der Waals surface area contributed by atoms with Gasteiger partial charge in [0.1, 0.15) is 11.5 Å². The van der Waals surface area contributed by atoms with E-state index < -0.39 is 0 Å². The lowest BCUT2D eigenvalue weighted by Gasteiger charge is -2.07. The molecule has 0 fully saturated rings. The molecule has 0 unspecified atom stereocenters. The van der Waals surface area contributed by atoms with Crippen molar-refractivity contribution in [2.75, 3.05) is 0 Å². The first kappa shape index (κ1) is 14.9. The Kier molecular flexibility index (Phi) is 4.14. The zero-order valence-electron chi connectivity index (χ0n) is 12.5. The highest BCUT2D eigenvalue weighted by atomic mass is 19.1. The second kappa shape index (κ2) is 6.39. The van der Waals surface area contributed by atoms with Crippen LogP contribution in [-0.4, -0.2) is 20.7 Å². The van der Waals surface area contributed by atoms with Crippen molar-refractivity contribution in [3.63, 3.8) is 0 Å². The maximum Gasteiger partial charge on any atom is 0.255 e. The third kappa shape index (κ3) is 3.11. The van der Waals surface area contributed by atoms with Gasteiger partial charge in [-0.2, -0.15) is 5.10 Å². The Morgan fingerprint density at radius 2 is 2.04 bits per heavy atom. The summed E-state index contributed by atoms with van der Waals surface area (Å²) in [5.41, 5.74) is 2.22. The summed E-state index contributed by atoms with van der Waals surface area (Å²) >= 11 is 0. The highest BCUT2D eigenvalue weighted by Gasteiger charge is 2.16. The predicted octanol–water partition coefficient (Wildman–Crippen LogP) is 2.64. The number of para-hydroxylation sites is 1. The minimum absolute atomic E-state index is 0.256. The van der Waals surface area contributed by atoms with E-state index in [9.17, 15) is 9.18 Å². The zero-order chi connectivity index (χ0) is 16.2. The van der Waals surface area contributed by atoms with Crippen molar-refractivity contribution in [2.45, 2.75) is 13.5 Å². The predicted molar refractivity (Wildman–Crippen MR) is 83.7 cm³/mol. The van der Waals surface area contributed by atoms with Crippen LogP contribution < -0.4 is 5.32 Å². The molecular formula is C17H15FN4O. The van der Waals surface area contributed by atoms with Crippen molar-refractivity contribution in [1.29, 1.82) is 0 Å². The van der Waals surface area contributed by atoms with Gasteiger partial charge in [-0.05, 0) is 30.7 Å². The standard InChI is InChI=1S/C17H15FN4O/c1-12-14(17(23)20-10-13-5-4-8-19-9-13)11-21-22(12)16-7-3-2-6-15(16)18/h2-9,11H,10H2,1H3,(H,20,23). The van der Waals surface area contributed by atoms with E-state index in [1.165, 1.54) is 16.9 Å². The Hall–Kier alpha value is -3.02. The summed E-state index contributed by atoms with van der Waals surface area (Å²) in [5, 5.41) is 6.94. The monoisotopic (exact) mass is 310 g/mol. The molecule has 0 saturated heterocycles. The molecule has 5 nitrogen and oxygen atoms in total. The molecule has 0 spiro atoms. The number of amides is 1. The number of nitrogens with zero attached hydrogens (tertiary/aromatic N) is 3. The highest BCUT2D eigenvalue weighted by molar-refractivity contribution is 5.95. The van der Waals surface area contributed by atoms with E-state index in [-0.39, 0.29) is 11.7 Å². The van der Waals surface area contributed by atoms with Gasteiger partial charge in [0.2, 0.25) is 0 Å². The molecule has 2 heterocycles. The van der Waals surface area contributed by atoms with Crippen molar-refractivity contribution in [1.82, 2.24) is 20.1 Å².